The molecule has 3 aromatic rings. The maximum absolute atomic E-state index is 13.8. The Morgan fingerprint density at radius 2 is 2.09 bits per heavy atom. The quantitative estimate of drug-likeness (QED) is 0.417. The van der Waals surface area contributed by atoms with Crippen molar-refractivity contribution in [2.24, 2.45) is 11.8 Å². The predicted molar refractivity (Wildman–Crippen MR) is 122 cm³/mol. The zero-order chi connectivity index (χ0) is 22.8. The SMILES string of the molecule is CC(C)C(=O)NCCC1CCc2c(c3cc([N+](=O)[O-])ccc3n2Cc2cccc(F)c2)C1. The third kappa shape index (κ3) is 4.52. The number of carbonyl (C=O) groups excluding carboxylic acids is 1. The lowest BCUT2D eigenvalue weighted by Gasteiger charge is -2.24. The second-order valence-electron chi connectivity index (χ2n) is 8.94. The van der Waals surface area contributed by atoms with E-state index in [2.05, 4.69) is 9.88 Å². The number of halogens is 1. The number of benzene rings is 2. The van der Waals surface area contributed by atoms with E-state index in [0.717, 1.165) is 47.7 Å². The molecule has 7 heteroatoms. The monoisotopic (exact) mass is 437 g/mol. The molecule has 4 rings (SSSR count). The van der Waals surface area contributed by atoms with Crippen LogP contribution in [0, 0.1) is 27.8 Å². The van der Waals surface area contributed by atoms with Crippen molar-refractivity contribution in [1.82, 2.24) is 9.88 Å². The third-order valence-corrected chi connectivity index (χ3v) is 6.37. The number of nitrogens with zero attached hydrogens (tertiary/aromatic N) is 2. The molecule has 1 heterocycles. The number of hydrogen-bond donors (Lipinski definition) is 1. The van der Waals surface area contributed by atoms with Gasteiger partial charge in [0.2, 0.25) is 5.91 Å². The number of carbonyl (C=O) groups is 1. The predicted octanol–water partition coefficient (Wildman–Crippen LogP) is 5.00. The topological polar surface area (TPSA) is 77.2 Å². The Labute approximate surface area is 186 Å². The van der Waals surface area contributed by atoms with Crippen molar-refractivity contribution in [2.75, 3.05) is 6.54 Å². The summed E-state index contributed by atoms with van der Waals surface area (Å²) >= 11 is 0. The molecule has 0 spiro atoms. The Bertz CT molecular complexity index is 1170. The fraction of sp³-hybridized carbons (Fsp3) is 0.400. The Balaban J connectivity index is 1.65. The Morgan fingerprint density at radius 3 is 2.81 bits per heavy atom. The molecule has 0 saturated carbocycles. The molecule has 0 bridgehead atoms. The van der Waals surface area contributed by atoms with Crippen molar-refractivity contribution in [2.45, 2.75) is 46.1 Å². The molecule has 0 aliphatic heterocycles. The summed E-state index contributed by atoms with van der Waals surface area (Å²) in [5.74, 6) is 0.160. The number of nitrogens with one attached hydrogen (secondary N) is 1. The zero-order valence-electron chi connectivity index (χ0n) is 18.4. The number of hydrogen-bond acceptors (Lipinski definition) is 3. The number of fused-ring (bicyclic) bond motifs is 3. The van der Waals surface area contributed by atoms with E-state index in [1.165, 1.54) is 23.9 Å². The van der Waals surface area contributed by atoms with Crippen molar-refractivity contribution >= 4 is 22.5 Å². The lowest BCUT2D eigenvalue weighted by Crippen LogP contribution is -2.30. The van der Waals surface area contributed by atoms with E-state index >= 15 is 0 Å². The fourth-order valence-corrected chi connectivity index (χ4v) is 4.67. The number of non-ortho nitro benzene ring substituents is 1. The molecule has 1 aliphatic carbocycles. The third-order valence-electron chi connectivity index (χ3n) is 6.37. The smallest absolute Gasteiger partial charge is 0.270 e. The summed E-state index contributed by atoms with van der Waals surface area (Å²) < 4.78 is 15.9. The second kappa shape index (κ2) is 9.10. The molecule has 0 radical (unpaired) electrons. The summed E-state index contributed by atoms with van der Waals surface area (Å²) in [6.45, 7) is 4.92. The first-order valence-electron chi connectivity index (χ1n) is 11.1. The van der Waals surface area contributed by atoms with E-state index in [1.807, 2.05) is 26.0 Å². The summed E-state index contributed by atoms with van der Waals surface area (Å²) in [7, 11) is 0. The number of rotatable bonds is 7. The van der Waals surface area contributed by atoms with Crippen molar-refractivity contribution in [3.05, 3.63) is 75.2 Å². The summed E-state index contributed by atoms with van der Waals surface area (Å²) in [5.41, 5.74) is 4.20. The fourth-order valence-electron chi connectivity index (χ4n) is 4.67. The van der Waals surface area contributed by atoms with Gasteiger partial charge in [-0.1, -0.05) is 26.0 Å². The molecule has 0 saturated heterocycles. The minimum atomic E-state index is -0.364. The number of amides is 1. The van der Waals surface area contributed by atoms with Gasteiger partial charge in [0.25, 0.3) is 5.69 Å². The van der Waals surface area contributed by atoms with E-state index in [-0.39, 0.29) is 28.3 Å². The van der Waals surface area contributed by atoms with Crippen molar-refractivity contribution < 1.29 is 14.1 Å². The van der Waals surface area contributed by atoms with Gasteiger partial charge >= 0.3 is 0 Å². The van der Waals surface area contributed by atoms with E-state index in [4.69, 9.17) is 0 Å². The van der Waals surface area contributed by atoms with Gasteiger partial charge in [-0.3, -0.25) is 14.9 Å². The van der Waals surface area contributed by atoms with Gasteiger partial charge in [0.1, 0.15) is 5.82 Å². The molecule has 1 amide bonds. The number of nitro groups is 1. The van der Waals surface area contributed by atoms with Crippen LogP contribution in [-0.2, 0) is 24.2 Å². The van der Waals surface area contributed by atoms with Crippen LogP contribution in [0.3, 0.4) is 0 Å². The van der Waals surface area contributed by atoms with Crippen LogP contribution in [0.5, 0.6) is 0 Å². The zero-order valence-corrected chi connectivity index (χ0v) is 18.4. The lowest BCUT2D eigenvalue weighted by molar-refractivity contribution is -0.384. The van der Waals surface area contributed by atoms with E-state index < -0.39 is 0 Å². The highest BCUT2D eigenvalue weighted by atomic mass is 19.1. The Kier molecular flexibility index (Phi) is 6.26. The van der Waals surface area contributed by atoms with Gasteiger partial charge in [-0.2, -0.15) is 0 Å². The van der Waals surface area contributed by atoms with Gasteiger partial charge in [0, 0.05) is 47.7 Å². The standard InChI is InChI=1S/C25H28FN3O3/c1-16(2)25(30)27-11-10-17-6-8-23-21(13-17)22-14-20(29(31)32)7-9-24(22)28(23)15-18-4-3-5-19(26)12-18/h3-5,7,9,12,14,16-17H,6,8,10-11,13,15H2,1-2H3,(H,27,30). The van der Waals surface area contributed by atoms with Crippen molar-refractivity contribution in [3.8, 4) is 0 Å². The molecule has 168 valence electrons. The van der Waals surface area contributed by atoms with Gasteiger partial charge < -0.3 is 9.88 Å². The highest BCUT2D eigenvalue weighted by molar-refractivity contribution is 5.88. The summed E-state index contributed by atoms with van der Waals surface area (Å²) in [6, 6.07) is 11.6. The molecule has 2 aromatic carbocycles. The van der Waals surface area contributed by atoms with Crippen LogP contribution >= 0.6 is 0 Å². The summed E-state index contributed by atoms with van der Waals surface area (Å²) in [5, 5.41) is 15.3. The Morgan fingerprint density at radius 1 is 1.28 bits per heavy atom. The molecule has 1 unspecified atom stereocenters. The first-order chi connectivity index (χ1) is 15.3. The van der Waals surface area contributed by atoms with Gasteiger partial charge in [-0.05, 0) is 60.9 Å². The Hall–Kier alpha value is -3.22. The van der Waals surface area contributed by atoms with Crippen LogP contribution in [0.15, 0.2) is 42.5 Å². The average molecular weight is 438 g/mol. The molecule has 1 aromatic heterocycles. The van der Waals surface area contributed by atoms with Crippen LogP contribution in [0.4, 0.5) is 10.1 Å². The lowest BCUT2D eigenvalue weighted by atomic mass is 9.84. The summed E-state index contributed by atoms with van der Waals surface area (Å²) in [6.07, 6.45) is 3.55. The molecule has 0 fully saturated rings. The largest absolute Gasteiger partial charge is 0.356 e. The van der Waals surface area contributed by atoms with E-state index in [0.29, 0.717) is 19.0 Å². The number of aromatic nitrogens is 1. The molecule has 1 aliphatic rings. The molecular weight excluding hydrogens is 409 g/mol. The maximum atomic E-state index is 13.8. The molecule has 1 N–H and O–H groups in total. The molecule has 32 heavy (non-hydrogen) atoms. The van der Waals surface area contributed by atoms with Crippen LogP contribution in [-0.4, -0.2) is 21.9 Å². The van der Waals surface area contributed by atoms with E-state index in [1.54, 1.807) is 12.1 Å². The second-order valence-corrected chi connectivity index (χ2v) is 8.94. The first kappa shape index (κ1) is 22.0. The van der Waals surface area contributed by atoms with Crippen LogP contribution < -0.4 is 5.32 Å². The molecular formula is C25H28FN3O3. The van der Waals surface area contributed by atoms with Crippen LogP contribution in [0.2, 0.25) is 0 Å². The van der Waals surface area contributed by atoms with Gasteiger partial charge in [0.15, 0.2) is 0 Å². The van der Waals surface area contributed by atoms with Gasteiger partial charge in [-0.15, -0.1) is 0 Å². The molecule has 1 atom stereocenters. The first-order valence-corrected chi connectivity index (χ1v) is 11.1. The van der Waals surface area contributed by atoms with E-state index in [9.17, 15) is 19.3 Å². The van der Waals surface area contributed by atoms with Crippen LogP contribution in [0.25, 0.3) is 10.9 Å². The minimum absolute atomic E-state index is 0.0330. The van der Waals surface area contributed by atoms with Crippen LogP contribution in [0.1, 0.15) is 43.5 Å². The number of nitro benzene ring substituents is 1. The summed E-state index contributed by atoms with van der Waals surface area (Å²) in [4.78, 5) is 22.9. The normalized spacial score (nSPS) is 15.7. The van der Waals surface area contributed by atoms with Gasteiger partial charge in [-0.25, -0.2) is 4.39 Å². The van der Waals surface area contributed by atoms with Gasteiger partial charge in [0.05, 0.1) is 4.92 Å². The van der Waals surface area contributed by atoms with Crippen molar-refractivity contribution in [1.29, 1.82) is 0 Å². The maximum Gasteiger partial charge on any atom is 0.270 e. The average Bonchev–Trinajstić information content (AvgIpc) is 3.06. The molecule has 6 nitrogen and oxygen atoms in total. The highest BCUT2D eigenvalue weighted by Crippen LogP contribution is 2.37. The highest BCUT2D eigenvalue weighted by Gasteiger charge is 2.26. The minimum Gasteiger partial charge on any atom is -0.356 e. The van der Waals surface area contributed by atoms with Crippen molar-refractivity contribution in [3.63, 3.8) is 0 Å².